The molecule has 0 aliphatic rings. The molecule has 90 valence electrons. The van der Waals surface area contributed by atoms with Crippen molar-refractivity contribution in [1.29, 1.82) is 0 Å². The quantitative estimate of drug-likeness (QED) is 0.774. The fraction of sp³-hybridized carbons (Fsp3) is 0.600. The Hall–Kier alpha value is -0.820. The van der Waals surface area contributed by atoms with Crippen LogP contribution in [0.1, 0.15) is 50.7 Å². The van der Waals surface area contributed by atoms with Crippen LogP contribution in [0.4, 0.5) is 0 Å². The number of hydrogen-bond acceptors (Lipinski definition) is 1. The Morgan fingerprint density at radius 1 is 1.06 bits per heavy atom. The largest absolute Gasteiger partial charge is 0.396 e. The lowest BCUT2D eigenvalue weighted by Gasteiger charge is -2.13. The van der Waals surface area contributed by atoms with Gasteiger partial charge in [0, 0.05) is 6.61 Å². The van der Waals surface area contributed by atoms with Crippen molar-refractivity contribution in [2.75, 3.05) is 6.61 Å². The Morgan fingerprint density at radius 2 is 1.69 bits per heavy atom. The standard InChI is InChI=1S/C15H24O/c1-4-12(3)15-8-6-14(7-9-15)10-13(5-2)11-16/h6-9,12-13,16H,4-5,10-11H2,1-3H3. The molecule has 1 nitrogen and oxygen atoms in total. The molecule has 0 aliphatic carbocycles. The molecule has 0 radical (unpaired) electrons. The van der Waals surface area contributed by atoms with E-state index in [0.29, 0.717) is 18.4 Å². The van der Waals surface area contributed by atoms with E-state index in [1.54, 1.807) is 0 Å². The molecule has 0 spiro atoms. The second-order valence-electron chi connectivity index (χ2n) is 4.71. The monoisotopic (exact) mass is 220 g/mol. The van der Waals surface area contributed by atoms with E-state index >= 15 is 0 Å². The van der Waals surface area contributed by atoms with Crippen molar-refractivity contribution >= 4 is 0 Å². The van der Waals surface area contributed by atoms with E-state index in [1.165, 1.54) is 17.5 Å². The molecule has 2 atom stereocenters. The minimum Gasteiger partial charge on any atom is -0.396 e. The zero-order valence-corrected chi connectivity index (χ0v) is 10.7. The van der Waals surface area contributed by atoms with E-state index in [-0.39, 0.29) is 0 Å². The summed E-state index contributed by atoms with van der Waals surface area (Å²) in [4.78, 5) is 0. The van der Waals surface area contributed by atoms with Crippen LogP contribution in [-0.4, -0.2) is 11.7 Å². The second-order valence-corrected chi connectivity index (χ2v) is 4.71. The van der Waals surface area contributed by atoms with Crippen LogP contribution in [0.5, 0.6) is 0 Å². The summed E-state index contributed by atoms with van der Waals surface area (Å²) in [5.41, 5.74) is 2.76. The molecule has 1 aromatic rings. The molecule has 0 bridgehead atoms. The first-order chi connectivity index (χ1) is 7.71. The molecular weight excluding hydrogens is 196 g/mol. The predicted molar refractivity (Wildman–Crippen MR) is 69.7 cm³/mol. The van der Waals surface area contributed by atoms with Crippen molar-refractivity contribution < 1.29 is 5.11 Å². The van der Waals surface area contributed by atoms with Gasteiger partial charge in [0.2, 0.25) is 0 Å². The van der Waals surface area contributed by atoms with Crippen LogP contribution in [0.15, 0.2) is 24.3 Å². The van der Waals surface area contributed by atoms with Gasteiger partial charge < -0.3 is 5.11 Å². The van der Waals surface area contributed by atoms with Gasteiger partial charge in [-0.15, -0.1) is 0 Å². The molecule has 1 heteroatoms. The minimum absolute atomic E-state index is 0.295. The first-order valence-corrected chi connectivity index (χ1v) is 6.40. The van der Waals surface area contributed by atoms with Crippen LogP contribution >= 0.6 is 0 Å². The topological polar surface area (TPSA) is 20.2 Å². The molecule has 16 heavy (non-hydrogen) atoms. The van der Waals surface area contributed by atoms with Crippen LogP contribution in [0.25, 0.3) is 0 Å². The third-order valence-corrected chi connectivity index (χ3v) is 3.52. The van der Waals surface area contributed by atoms with E-state index in [0.717, 1.165) is 12.8 Å². The zero-order valence-electron chi connectivity index (χ0n) is 10.7. The van der Waals surface area contributed by atoms with Crippen molar-refractivity contribution in [3.05, 3.63) is 35.4 Å². The highest BCUT2D eigenvalue weighted by molar-refractivity contribution is 5.25. The molecule has 2 unspecified atom stereocenters. The molecule has 0 heterocycles. The maximum atomic E-state index is 9.17. The number of rotatable bonds is 6. The van der Waals surface area contributed by atoms with Crippen LogP contribution < -0.4 is 0 Å². The number of hydrogen-bond donors (Lipinski definition) is 1. The first-order valence-electron chi connectivity index (χ1n) is 6.40. The van der Waals surface area contributed by atoms with Crippen molar-refractivity contribution in [3.8, 4) is 0 Å². The van der Waals surface area contributed by atoms with Crippen LogP contribution in [0.2, 0.25) is 0 Å². The summed E-state index contributed by atoms with van der Waals surface area (Å²) in [5.74, 6) is 1.06. The van der Waals surface area contributed by atoms with Crippen LogP contribution in [0.3, 0.4) is 0 Å². The van der Waals surface area contributed by atoms with Gasteiger partial charge in [-0.3, -0.25) is 0 Å². The van der Waals surface area contributed by atoms with Crippen molar-refractivity contribution in [2.24, 2.45) is 5.92 Å². The molecule has 0 saturated heterocycles. The Balaban J connectivity index is 2.64. The number of benzene rings is 1. The fourth-order valence-corrected chi connectivity index (χ4v) is 1.89. The molecule has 0 aliphatic heterocycles. The summed E-state index contributed by atoms with van der Waals surface area (Å²) in [6, 6.07) is 8.88. The lowest BCUT2D eigenvalue weighted by molar-refractivity contribution is 0.222. The average Bonchev–Trinajstić information content (AvgIpc) is 2.35. The number of aliphatic hydroxyl groups excluding tert-OH is 1. The summed E-state index contributed by atoms with van der Waals surface area (Å²) in [7, 11) is 0. The normalized spacial score (nSPS) is 14.8. The molecule has 1 N–H and O–H groups in total. The SMILES string of the molecule is CCC(CO)Cc1ccc(C(C)CC)cc1. The van der Waals surface area contributed by atoms with Gasteiger partial charge in [0.05, 0.1) is 0 Å². The second kappa shape index (κ2) is 6.70. The van der Waals surface area contributed by atoms with E-state index in [4.69, 9.17) is 5.11 Å². The van der Waals surface area contributed by atoms with Gasteiger partial charge in [0.15, 0.2) is 0 Å². The highest BCUT2D eigenvalue weighted by atomic mass is 16.3. The van der Waals surface area contributed by atoms with Gasteiger partial charge in [0.1, 0.15) is 0 Å². The Bertz CT molecular complexity index is 285. The Labute approximate surface area is 99.5 Å². The molecular formula is C15H24O. The Kier molecular flexibility index (Phi) is 5.54. The van der Waals surface area contributed by atoms with Gasteiger partial charge in [0.25, 0.3) is 0 Å². The predicted octanol–water partition coefficient (Wildman–Crippen LogP) is 3.76. The van der Waals surface area contributed by atoms with Crippen molar-refractivity contribution in [3.63, 3.8) is 0 Å². The van der Waals surface area contributed by atoms with Crippen molar-refractivity contribution in [2.45, 2.75) is 46.0 Å². The summed E-state index contributed by atoms with van der Waals surface area (Å²) in [6.45, 7) is 6.91. The van der Waals surface area contributed by atoms with E-state index in [2.05, 4.69) is 45.0 Å². The summed E-state index contributed by atoms with van der Waals surface area (Å²) < 4.78 is 0. The first kappa shape index (κ1) is 13.2. The number of aliphatic hydroxyl groups is 1. The van der Waals surface area contributed by atoms with E-state index in [1.807, 2.05) is 0 Å². The summed E-state index contributed by atoms with van der Waals surface area (Å²) in [6.07, 6.45) is 3.23. The van der Waals surface area contributed by atoms with Gasteiger partial charge in [-0.05, 0) is 35.8 Å². The van der Waals surface area contributed by atoms with Crippen molar-refractivity contribution in [1.82, 2.24) is 0 Å². The highest BCUT2D eigenvalue weighted by Gasteiger charge is 2.07. The van der Waals surface area contributed by atoms with E-state index < -0.39 is 0 Å². The van der Waals surface area contributed by atoms with Gasteiger partial charge in [-0.25, -0.2) is 0 Å². The molecule has 0 aromatic heterocycles. The lowest BCUT2D eigenvalue weighted by Crippen LogP contribution is -2.08. The molecule has 1 rings (SSSR count). The third-order valence-electron chi connectivity index (χ3n) is 3.52. The zero-order chi connectivity index (χ0) is 12.0. The fourth-order valence-electron chi connectivity index (χ4n) is 1.89. The van der Waals surface area contributed by atoms with E-state index in [9.17, 15) is 0 Å². The van der Waals surface area contributed by atoms with Crippen LogP contribution in [0, 0.1) is 5.92 Å². The lowest BCUT2D eigenvalue weighted by atomic mass is 9.94. The summed E-state index contributed by atoms with van der Waals surface area (Å²) in [5, 5.41) is 9.17. The molecule has 0 fully saturated rings. The summed E-state index contributed by atoms with van der Waals surface area (Å²) >= 11 is 0. The molecule has 1 aromatic carbocycles. The van der Waals surface area contributed by atoms with Gasteiger partial charge in [-0.1, -0.05) is 51.5 Å². The van der Waals surface area contributed by atoms with Gasteiger partial charge >= 0.3 is 0 Å². The highest BCUT2D eigenvalue weighted by Crippen LogP contribution is 2.20. The molecule has 0 saturated carbocycles. The maximum absolute atomic E-state index is 9.17. The third kappa shape index (κ3) is 3.64. The average molecular weight is 220 g/mol. The van der Waals surface area contributed by atoms with Gasteiger partial charge in [-0.2, -0.15) is 0 Å². The molecule has 0 amide bonds. The smallest absolute Gasteiger partial charge is 0.0462 e. The maximum Gasteiger partial charge on any atom is 0.0462 e. The minimum atomic E-state index is 0.295. The van der Waals surface area contributed by atoms with Crippen LogP contribution in [-0.2, 0) is 6.42 Å². The Morgan fingerprint density at radius 3 is 2.12 bits per heavy atom.